The molecule has 4 heterocycles. The van der Waals surface area contributed by atoms with Crippen LogP contribution < -0.4 is 10.6 Å². The number of ketones is 1. The van der Waals surface area contributed by atoms with Gasteiger partial charge in [0.25, 0.3) is 0 Å². The van der Waals surface area contributed by atoms with Crippen molar-refractivity contribution in [1.82, 2.24) is 15.1 Å². The zero-order valence-electron chi connectivity index (χ0n) is 29.9. The van der Waals surface area contributed by atoms with Gasteiger partial charge >= 0.3 is 31.3 Å². The van der Waals surface area contributed by atoms with E-state index in [9.17, 15) is 4.79 Å². The number of rotatable bonds is 6. The van der Waals surface area contributed by atoms with Gasteiger partial charge in [0.15, 0.2) is 11.7 Å². The third kappa shape index (κ3) is 22.3. The van der Waals surface area contributed by atoms with Crippen LogP contribution >= 0.6 is 42.9 Å². The molecule has 2 saturated heterocycles. The summed E-state index contributed by atoms with van der Waals surface area (Å²) in [4.78, 5) is 110. The predicted molar refractivity (Wildman–Crippen MR) is 205 cm³/mol. The summed E-state index contributed by atoms with van der Waals surface area (Å²) in [7, 11) is -16.9. The van der Waals surface area contributed by atoms with Gasteiger partial charge in [-0.25, -0.2) is 23.3 Å². The summed E-state index contributed by atoms with van der Waals surface area (Å²) in [5, 5.41) is 7.49. The van der Waals surface area contributed by atoms with Crippen molar-refractivity contribution < 1.29 is 86.5 Å². The summed E-state index contributed by atoms with van der Waals surface area (Å²) < 4.78 is 41.0. The Labute approximate surface area is 330 Å². The maximum absolute atomic E-state index is 13.6. The Bertz CT molecular complexity index is 1830. The van der Waals surface area contributed by atoms with Gasteiger partial charge in [0.1, 0.15) is 0 Å². The van der Waals surface area contributed by atoms with Crippen LogP contribution in [0.5, 0.6) is 0 Å². The van der Waals surface area contributed by atoms with E-state index in [-0.39, 0.29) is 5.78 Å². The van der Waals surface area contributed by atoms with Crippen LogP contribution in [0.3, 0.4) is 0 Å². The number of benzene rings is 1. The van der Waals surface area contributed by atoms with Crippen LogP contribution in [-0.2, 0) is 27.8 Å². The molecule has 1 aromatic carbocycles. The fraction of sp³-hybridized carbons (Fsp3) is 0.379. The highest BCUT2D eigenvalue weighted by atomic mass is 35.5. The van der Waals surface area contributed by atoms with E-state index in [0.29, 0.717) is 24.0 Å². The van der Waals surface area contributed by atoms with Crippen molar-refractivity contribution in [1.29, 1.82) is 0 Å². The van der Waals surface area contributed by atoms with E-state index in [1.807, 2.05) is 42.5 Å². The Morgan fingerprint density at radius 2 is 1.12 bits per heavy atom. The molecule has 0 aromatic heterocycles. The maximum Gasteiger partial charge on any atom is 0.466 e. The van der Waals surface area contributed by atoms with Gasteiger partial charge < -0.3 is 74.1 Å². The molecule has 0 bridgehead atoms. The molecule has 0 saturated carbocycles. The van der Waals surface area contributed by atoms with E-state index in [1.54, 1.807) is 7.11 Å². The first-order valence-corrected chi connectivity index (χ1v) is 22.9. The highest BCUT2D eigenvalue weighted by molar-refractivity contribution is 7.45. The SMILES string of the molecule is COC1=CC=C2Nc3cc(Cl)ccc3C(N=C3C=C(CN4CCCC4)C(=O)C(CN4CCCC4)=C3)=C2N1.O=P(O)(O)O.O=P(O)(O)O.O=P(O)(O)O.O=P(O)(O)O. The van der Waals surface area contributed by atoms with E-state index in [0.717, 1.165) is 71.4 Å². The second-order valence-electron chi connectivity index (χ2n) is 12.2. The number of ether oxygens (including phenoxy) is 1. The Morgan fingerprint density at radius 1 is 0.702 bits per heavy atom. The zero-order valence-corrected chi connectivity index (χ0v) is 34.3. The summed E-state index contributed by atoms with van der Waals surface area (Å²) in [6.45, 7) is 5.52. The van der Waals surface area contributed by atoms with Crippen LogP contribution in [0.15, 0.2) is 75.9 Å². The lowest BCUT2D eigenvalue weighted by Crippen LogP contribution is -2.32. The number of carbonyl (C=O) groups is 1. The lowest BCUT2D eigenvalue weighted by atomic mass is 9.94. The summed E-state index contributed by atoms with van der Waals surface area (Å²) in [6.07, 6.45) is 12.6. The highest BCUT2D eigenvalue weighted by Crippen LogP contribution is 2.39. The summed E-state index contributed by atoms with van der Waals surface area (Å²) in [6, 6.07) is 5.77. The van der Waals surface area contributed by atoms with Crippen molar-refractivity contribution in [3.05, 3.63) is 81.5 Å². The number of fused-ring (bicyclic) bond motifs is 2. The number of hydrogen-bond acceptors (Lipinski definition) is 11. The molecule has 1 aromatic rings. The maximum atomic E-state index is 13.6. The molecule has 6 rings (SSSR count). The third-order valence-electron chi connectivity index (χ3n) is 7.54. The molecule has 4 aliphatic heterocycles. The van der Waals surface area contributed by atoms with Crippen molar-refractivity contribution in [2.45, 2.75) is 25.7 Å². The Kier molecular flexibility index (Phi) is 19.5. The number of carbonyl (C=O) groups excluding carboxylic acids is 1. The van der Waals surface area contributed by atoms with Crippen LogP contribution in [0.4, 0.5) is 5.69 Å². The van der Waals surface area contributed by atoms with Crippen molar-refractivity contribution in [2.24, 2.45) is 4.99 Å². The molecular formula is C29H44ClN5O18P4. The molecule has 5 aliphatic rings. The minimum atomic E-state index is -4.64. The first kappa shape index (κ1) is 50.5. The molecule has 0 amide bonds. The van der Waals surface area contributed by atoms with Gasteiger partial charge in [-0.1, -0.05) is 11.6 Å². The number of anilines is 1. The molecule has 28 heteroatoms. The fourth-order valence-electron chi connectivity index (χ4n) is 5.63. The zero-order chi connectivity index (χ0) is 43.4. The van der Waals surface area contributed by atoms with Gasteiger partial charge in [0.2, 0.25) is 0 Å². The Morgan fingerprint density at radius 3 is 1.53 bits per heavy atom. The molecule has 0 radical (unpaired) electrons. The predicted octanol–water partition coefficient (Wildman–Crippen LogP) is 0.763. The van der Waals surface area contributed by atoms with E-state index in [4.69, 9.17) is 98.3 Å². The number of methoxy groups -OCH3 is 1. The fourth-order valence-corrected chi connectivity index (χ4v) is 5.81. The number of likely N-dealkylation sites (tertiary alicyclic amines) is 2. The summed E-state index contributed by atoms with van der Waals surface area (Å²) in [5.74, 6) is 0.805. The molecule has 0 spiro atoms. The number of allylic oxidation sites excluding steroid dienone is 4. The van der Waals surface area contributed by atoms with Crippen molar-refractivity contribution in [3.8, 4) is 0 Å². The molecule has 320 valence electrons. The van der Waals surface area contributed by atoms with E-state index >= 15 is 0 Å². The number of aliphatic imine (C=N–C) groups is 1. The van der Waals surface area contributed by atoms with Crippen molar-refractivity contribution >= 4 is 65.8 Å². The van der Waals surface area contributed by atoms with E-state index in [2.05, 4.69) is 20.4 Å². The molecular weight excluding hydrogens is 866 g/mol. The molecule has 0 unspecified atom stereocenters. The van der Waals surface area contributed by atoms with Crippen molar-refractivity contribution in [2.75, 3.05) is 51.7 Å². The first-order valence-electron chi connectivity index (χ1n) is 16.2. The van der Waals surface area contributed by atoms with Crippen LogP contribution in [0.25, 0.3) is 5.70 Å². The molecule has 14 N–H and O–H groups in total. The molecule has 1 aliphatic carbocycles. The topological polar surface area (TPSA) is 380 Å². The molecule has 57 heavy (non-hydrogen) atoms. The minimum absolute atomic E-state index is 0.161. The number of hydrogen-bond donors (Lipinski definition) is 14. The monoisotopic (exact) mass is 909 g/mol. The van der Waals surface area contributed by atoms with Gasteiger partial charge in [-0.15, -0.1) is 0 Å². The smallest absolute Gasteiger partial charge is 0.466 e. The lowest BCUT2D eigenvalue weighted by Gasteiger charge is -2.29. The Hall–Kier alpha value is -2.69. The third-order valence-corrected chi connectivity index (χ3v) is 7.77. The van der Waals surface area contributed by atoms with Gasteiger partial charge in [-0.2, -0.15) is 0 Å². The number of Topliss-reactive ketones (excluding diaryl/α,β-unsaturated/α-hetero) is 1. The molecule has 0 atom stereocenters. The number of nitrogens with one attached hydrogen (secondary N) is 2. The summed E-state index contributed by atoms with van der Waals surface area (Å²) >= 11 is 6.33. The van der Waals surface area contributed by atoms with Gasteiger partial charge in [0, 0.05) is 46.6 Å². The van der Waals surface area contributed by atoms with E-state index < -0.39 is 31.3 Å². The van der Waals surface area contributed by atoms with Crippen LogP contribution in [0, 0.1) is 0 Å². The van der Waals surface area contributed by atoms with Crippen molar-refractivity contribution in [3.63, 3.8) is 0 Å². The second kappa shape index (κ2) is 22.1. The van der Waals surface area contributed by atoms with Crippen LogP contribution in [0.1, 0.15) is 31.2 Å². The van der Waals surface area contributed by atoms with Gasteiger partial charge in [-0.05, 0) is 88.3 Å². The summed E-state index contributed by atoms with van der Waals surface area (Å²) in [5.41, 5.74) is 6.81. The normalized spacial score (nSPS) is 18.4. The largest absolute Gasteiger partial charge is 0.482 e. The van der Waals surface area contributed by atoms with Gasteiger partial charge in [-0.3, -0.25) is 14.6 Å². The number of dihydropyridines is 1. The lowest BCUT2D eigenvalue weighted by molar-refractivity contribution is -0.112. The van der Waals surface area contributed by atoms with E-state index in [1.165, 1.54) is 25.7 Å². The van der Waals surface area contributed by atoms with Crippen LogP contribution in [0.2, 0.25) is 5.02 Å². The molecule has 23 nitrogen and oxygen atoms in total. The average Bonchev–Trinajstić information content (AvgIpc) is 3.74. The Balaban J connectivity index is 0.000000465. The average molecular weight is 910 g/mol. The van der Waals surface area contributed by atoms with Gasteiger partial charge in [0.05, 0.1) is 29.9 Å². The quantitative estimate of drug-likeness (QED) is 0.138. The number of nitrogens with zero attached hydrogens (tertiary/aromatic N) is 3. The first-order chi connectivity index (χ1) is 26.1. The second-order valence-corrected chi connectivity index (χ2v) is 16.7. The molecule has 2 fully saturated rings. The minimum Gasteiger partial charge on any atom is -0.482 e. The highest BCUT2D eigenvalue weighted by Gasteiger charge is 2.29. The number of halogens is 1. The standard InChI is InChI=1S/C29H32ClN5O2.4H3O4P/c1-37-26-9-8-24-28(33-26)27(23-7-6-21(30)16-25(23)32-24)31-22-14-19(17-34-10-2-3-11-34)29(36)20(15-22)18-35-12-4-5-13-35;4*1-5(2,3)4/h6-9,14-16,32-33H,2-5,10-13,17-18H2,1H3;4*(H3,1,2,3,4). The van der Waals surface area contributed by atoms with Crippen LogP contribution in [-0.4, -0.2) is 126 Å². The number of phosphoric acid groups is 4.